The third-order valence-corrected chi connectivity index (χ3v) is 5.04. The standard InChI is InChI=1S/C21H20N6O.CH2O2/c1-2-27-12-15(11-24-27)19-16(10-22)20(23)25-18-8-9-26(13-17(18)19)21(28)14-6-4-3-5-7-14;2-1-3/h3-7,11-12H,2,8-9,13H2,1H3,(H2,23,25);1H,(H,2,3). The van der Waals surface area contributed by atoms with E-state index in [4.69, 9.17) is 15.6 Å². The van der Waals surface area contributed by atoms with Crippen molar-refractivity contribution in [1.82, 2.24) is 19.7 Å². The van der Waals surface area contributed by atoms with Gasteiger partial charge in [-0.2, -0.15) is 10.4 Å². The number of fused-ring (bicyclic) bond motifs is 1. The van der Waals surface area contributed by atoms with Crippen LogP contribution in [0.1, 0.15) is 34.1 Å². The number of nitrogen functional groups attached to an aromatic ring is 1. The molecule has 0 fully saturated rings. The minimum Gasteiger partial charge on any atom is -0.483 e. The van der Waals surface area contributed by atoms with Gasteiger partial charge in [-0.15, -0.1) is 0 Å². The largest absolute Gasteiger partial charge is 0.483 e. The van der Waals surface area contributed by atoms with Gasteiger partial charge in [-0.3, -0.25) is 14.3 Å². The maximum Gasteiger partial charge on any atom is 0.290 e. The predicted octanol–water partition coefficient (Wildman–Crippen LogP) is 2.32. The van der Waals surface area contributed by atoms with Crippen LogP contribution in [-0.4, -0.2) is 43.7 Å². The number of rotatable bonds is 3. The molecule has 31 heavy (non-hydrogen) atoms. The number of aryl methyl sites for hydroxylation is 1. The van der Waals surface area contributed by atoms with Gasteiger partial charge in [-0.05, 0) is 19.1 Å². The molecule has 3 heterocycles. The molecule has 0 atom stereocenters. The molecule has 0 radical (unpaired) electrons. The minimum atomic E-state index is -0.250. The Balaban J connectivity index is 0.000000858. The van der Waals surface area contributed by atoms with Crippen LogP contribution < -0.4 is 5.73 Å². The van der Waals surface area contributed by atoms with E-state index in [0.717, 1.165) is 28.9 Å². The molecule has 0 saturated heterocycles. The van der Waals surface area contributed by atoms with Crippen molar-refractivity contribution in [1.29, 1.82) is 5.26 Å². The monoisotopic (exact) mass is 418 g/mol. The van der Waals surface area contributed by atoms with Gasteiger partial charge in [0.1, 0.15) is 17.5 Å². The normalized spacial score (nSPS) is 12.2. The molecular weight excluding hydrogens is 396 g/mol. The van der Waals surface area contributed by atoms with Crippen LogP contribution in [0.5, 0.6) is 0 Å². The van der Waals surface area contributed by atoms with E-state index < -0.39 is 0 Å². The summed E-state index contributed by atoms with van der Waals surface area (Å²) in [7, 11) is 0. The van der Waals surface area contributed by atoms with Crippen LogP contribution in [0.15, 0.2) is 42.7 Å². The molecule has 1 aliphatic heterocycles. The van der Waals surface area contributed by atoms with Gasteiger partial charge in [-0.1, -0.05) is 18.2 Å². The summed E-state index contributed by atoms with van der Waals surface area (Å²) in [5.41, 5.74) is 10.3. The average Bonchev–Trinajstić information content (AvgIpc) is 3.27. The Hall–Kier alpha value is -4.19. The quantitative estimate of drug-likeness (QED) is 0.622. The van der Waals surface area contributed by atoms with Crippen LogP contribution in [0, 0.1) is 11.3 Å². The Morgan fingerprint density at radius 1 is 1.35 bits per heavy atom. The van der Waals surface area contributed by atoms with Gasteiger partial charge in [0.05, 0.1) is 11.9 Å². The lowest BCUT2D eigenvalue weighted by Crippen LogP contribution is -2.37. The molecule has 3 N–H and O–H groups in total. The summed E-state index contributed by atoms with van der Waals surface area (Å²) in [6.07, 6.45) is 4.23. The topological polar surface area (TPSA) is 138 Å². The number of carboxylic acid groups (broad SMARTS) is 1. The zero-order valence-corrected chi connectivity index (χ0v) is 17.0. The molecule has 1 aromatic carbocycles. The van der Waals surface area contributed by atoms with E-state index in [0.29, 0.717) is 30.6 Å². The van der Waals surface area contributed by atoms with Crippen molar-refractivity contribution in [3.05, 3.63) is 65.1 Å². The van der Waals surface area contributed by atoms with Gasteiger partial charge in [0.25, 0.3) is 12.4 Å². The van der Waals surface area contributed by atoms with Crippen LogP contribution >= 0.6 is 0 Å². The van der Waals surface area contributed by atoms with Crippen LogP contribution in [0.2, 0.25) is 0 Å². The number of benzene rings is 1. The number of hydrogen-bond acceptors (Lipinski definition) is 6. The first-order valence-corrected chi connectivity index (χ1v) is 9.70. The zero-order valence-electron chi connectivity index (χ0n) is 17.0. The van der Waals surface area contributed by atoms with Gasteiger partial charge in [0, 0.05) is 54.5 Å². The molecule has 0 spiro atoms. The maximum absolute atomic E-state index is 12.9. The highest BCUT2D eigenvalue weighted by Crippen LogP contribution is 2.35. The molecule has 0 bridgehead atoms. The van der Waals surface area contributed by atoms with E-state index >= 15 is 0 Å². The summed E-state index contributed by atoms with van der Waals surface area (Å²) in [6, 6.07) is 11.4. The number of carbonyl (C=O) groups is 2. The maximum atomic E-state index is 12.9. The van der Waals surface area contributed by atoms with Crippen LogP contribution in [0.4, 0.5) is 5.82 Å². The summed E-state index contributed by atoms with van der Waals surface area (Å²) in [5, 5.41) is 20.9. The molecule has 3 aromatic rings. The van der Waals surface area contributed by atoms with Crippen molar-refractivity contribution in [3.8, 4) is 17.2 Å². The first kappa shape index (κ1) is 21.5. The molecule has 0 unspecified atom stereocenters. The number of anilines is 1. The van der Waals surface area contributed by atoms with Crippen molar-refractivity contribution in [2.75, 3.05) is 12.3 Å². The molecule has 9 nitrogen and oxygen atoms in total. The summed E-state index contributed by atoms with van der Waals surface area (Å²) in [6.45, 7) is 3.42. The van der Waals surface area contributed by atoms with Crippen molar-refractivity contribution in [3.63, 3.8) is 0 Å². The van der Waals surface area contributed by atoms with Crippen molar-refractivity contribution >= 4 is 18.2 Å². The molecular formula is C22H22N6O3. The Labute approximate surface area is 179 Å². The van der Waals surface area contributed by atoms with E-state index in [-0.39, 0.29) is 18.2 Å². The smallest absolute Gasteiger partial charge is 0.290 e. The fourth-order valence-corrected chi connectivity index (χ4v) is 3.61. The Morgan fingerprint density at radius 3 is 2.68 bits per heavy atom. The first-order chi connectivity index (χ1) is 15.0. The van der Waals surface area contributed by atoms with E-state index in [1.807, 2.05) is 43.5 Å². The van der Waals surface area contributed by atoms with Crippen molar-refractivity contribution < 1.29 is 14.7 Å². The van der Waals surface area contributed by atoms with Crippen molar-refractivity contribution in [2.45, 2.75) is 26.4 Å². The molecule has 4 rings (SSSR count). The van der Waals surface area contributed by atoms with E-state index in [1.165, 1.54) is 0 Å². The number of pyridine rings is 1. The lowest BCUT2D eigenvalue weighted by atomic mass is 9.92. The average molecular weight is 418 g/mol. The van der Waals surface area contributed by atoms with Crippen LogP contribution in [-0.2, 0) is 24.3 Å². The van der Waals surface area contributed by atoms with Gasteiger partial charge >= 0.3 is 0 Å². The van der Waals surface area contributed by atoms with E-state index in [2.05, 4.69) is 16.2 Å². The molecule has 158 valence electrons. The van der Waals surface area contributed by atoms with Gasteiger partial charge < -0.3 is 15.7 Å². The fourth-order valence-electron chi connectivity index (χ4n) is 3.61. The zero-order chi connectivity index (χ0) is 22.4. The van der Waals surface area contributed by atoms with Gasteiger partial charge in [-0.25, -0.2) is 4.98 Å². The second-order valence-corrected chi connectivity index (χ2v) is 6.82. The summed E-state index contributed by atoms with van der Waals surface area (Å²) >= 11 is 0. The molecule has 0 saturated carbocycles. The SMILES string of the molecule is CCn1cc(-c2c(C#N)c(N)nc3c2CN(C(=O)c2ccccc2)CC3)cn1.O=CO. The third-order valence-electron chi connectivity index (χ3n) is 5.04. The van der Waals surface area contributed by atoms with Crippen LogP contribution in [0.25, 0.3) is 11.1 Å². The summed E-state index contributed by atoms with van der Waals surface area (Å²) in [4.78, 5) is 27.5. The number of nitrogens with zero attached hydrogens (tertiary/aromatic N) is 5. The Kier molecular flexibility index (Phi) is 6.62. The number of nitriles is 1. The summed E-state index contributed by atoms with van der Waals surface area (Å²) in [5.74, 6) is 0.195. The first-order valence-electron chi connectivity index (χ1n) is 9.70. The highest BCUT2D eigenvalue weighted by molar-refractivity contribution is 5.94. The lowest BCUT2D eigenvalue weighted by Gasteiger charge is -2.30. The third kappa shape index (κ3) is 4.38. The minimum absolute atomic E-state index is 0.0308. The Bertz CT molecular complexity index is 1130. The second kappa shape index (κ2) is 9.54. The number of nitrogens with two attached hydrogens (primary N) is 1. The number of carbonyl (C=O) groups excluding carboxylic acids is 1. The molecule has 1 amide bonds. The number of hydrogen-bond donors (Lipinski definition) is 2. The lowest BCUT2D eigenvalue weighted by molar-refractivity contribution is -0.122. The highest BCUT2D eigenvalue weighted by atomic mass is 16.3. The molecule has 9 heteroatoms. The molecule has 0 aliphatic carbocycles. The fraction of sp³-hybridized carbons (Fsp3) is 0.227. The van der Waals surface area contributed by atoms with Crippen LogP contribution in [0.3, 0.4) is 0 Å². The molecule has 1 aliphatic rings. The highest BCUT2D eigenvalue weighted by Gasteiger charge is 2.28. The Morgan fingerprint density at radius 2 is 2.06 bits per heavy atom. The van der Waals surface area contributed by atoms with E-state index in [9.17, 15) is 10.1 Å². The predicted molar refractivity (Wildman–Crippen MR) is 114 cm³/mol. The van der Waals surface area contributed by atoms with Gasteiger partial charge in [0.15, 0.2) is 0 Å². The second-order valence-electron chi connectivity index (χ2n) is 6.82. The van der Waals surface area contributed by atoms with Crippen molar-refractivity contribution in [2.24, 2.45) is 0 Å². The van der Waals surface area contributed by atoms with Gasteiger partial charge in [0.2, 0.25) is 0 Å². The number of aromatic nitrogens is 3. The molecule has 2 aromatic heterocycles. The van der Waals surface area contributed by atoms with E-state index in [1.54, 1.807) is 15.8 Å². The summed E-state index contributed by atoms with van der Waals surface area (Å²) < 4.78 is 1.80. The number of amides is 1.